The molecule has 0 unspecified atom stereocenters. The van der Waals surface area contributed by atoms with Crippen LogP contribution in [0.4, 0.5) is 0 Å². The molecular weight excluding hydrogens is 128 g/mol. The first kappa shape index (κ1) is 9.17. The smallest absolute Gasteiger partial charge is 0.226 e. The Morgan fingerprint density at radius 3 is 2.40 bits per heavy atom. The molecule has 0 heterocycles. The second-order valence-corrected chi connectivity index (χ2v) is 2.72. The zero-order valence-electron chi connectivity index (χ0n) is 6.42. The predicted molar refractivity (Wildman–Crippen MR) is 41.2 cm³/mol. The third-order valence-electron chi connectivity index (χ3n) is 1.31. The highest BCUT2D eigenvalue weighted by Crippen LogP contribution is 2.14. The van der Waals surface area contributed by atoms with Gasteiger partial charge in [0.1, 0.15) is 0 Å². The number of hydrogen-bond acceptors (Lipinski definition) is 2. The van der Waals surface area contributed by atoms with Gasteiger partial charge in [-0.05, 0) is 13.8 Å². The summed E-state index contributed by atoms with van der Waals surface area (Å²) in [6.45, 7) is 3.94. The van der Waals surface area contributed by atoms with Gasteiger partial charge >= 0.3 is 0 Å². The second kappa shape index (κ2) is 3.37. The predicted octanol–water partition coefficient (Wildman–Crippen LogP) is 0.0128. The Kier molecular flexibility index (Phi) is 3.09. The monoisotopic (exact) mass is 142 g/mol. The summed E-state index contributed by atoms with van der Waals surface area (Å²) in [6, 6.07) is 0. The number of nitrogens with two attached hydrogens (primary N) is 2. The molecule has 0 aliphatic carbocycles. The van der Waals surface area contributed by atoms with Gasteiger partial charge in [0.15, 0.2) is 0 Å². The van der Waals surface area contributed by atoms with E-state index >= 15 is 0 Å². The molecule has 0 aromatic carbocycles. The zero-order chi connectivity index (χ0) is 8.20. The van der Waals surface area contributed by atoms with E-state index in [1.807, 2.05) is 0 Å². The number of carbonyl (C=O) groups excluding carboxylic acids is 1. The Labute approximate surface area is 61.1 Å². The Bertz CT molecular complexity index is 150. The molecule has 10 heavy (non-hydrogen) atoms. The van der Waals surface area contributed by atoms with Gasteiger partial charge in [0.05, 0.1) is 5.41 Å². The molecule has 3 heteroatoms. The van der Waals surface area contributed by atoms with Crippen molar-refractivity contribution >= 4 is 5.91 Å². The lowest BCUT2D eigenvalue weighted by molar-refractivity contribution is -0.123. The average molecular weight is 142 g/mol. The van der Waals surface area contributed by atoms with Crippen LogP contribution < -0.4 is 11.5 Å². The van der Waals surface area contributed by atoms with Crippen molar-refractivity contribution in [1.82, 2.24) is 0 Å². The molecule has 0 aromatic rings. The lowest BCUT2D eigenvalue weighted by atomic mass is 9.92. The zero-order valence-corrected chi connectivity index (χ0v) is 6.42. The maximum Gasteiger partial charge on any atom is 0.226 e. The molecule has 0 bridgehead atoms. The number of carbonyl (C=O) groups is 1. The summed E-state index contributed by atoms with van der Waals surface area (Å²) in [5, 5.41) is 0. The van der Waals surface area contributed by atoms with Crippen LogP contribution in [0.25, 0.3) is 0 Å². The maximum absolute atomic E-state index is 10.7. The SMILES string of the molecule is CC(C)(/C=C/CN)C(N)=O. The third kappa shape index (κ3) is 2.64. The molecule has 58 valence electrons. The van der Waals surface area contributed by atoms with E-state index in [-0.39, 0.29) is 5.91 Å². The molecule has 0 spiro atoms. The summed E-state index contributed by atoms with van der Waals surface area (Å²) in [4.78, 5) is 10.7. The van der Waals surface area contributed by atoms with Gasteiger partial charge in [-0.15, -0.1) is 0 Å². The molecule has 0 aliphatic rings. The van der Waals surface area contributed by atoms with Crippen LogP contribution in [-0.2, 0) is 4.79 Å². The van der Waals surface area contributed by atoms with Crippen molar-refractivity contribution in [2.24, 2.45) is 16.9 Å². The van der Waals surface area contributed by atoms with Crippen molar-refractivity contribution in [2.75, 3.05) is 6.54 Å². The summed E-state index contributed by atoms with van der Waals surface area (Å²) in [5.74, 6) is -0.336. The second-order valence-electron chi connectivity index (χ2n) is 2.72. The summed E-state index contributed by atoms with van der Waals surface area (Å²) in [7, 11) is 0. The van der Waals surface area contributed by atoms with Gasteiger partial charge in [-0.1, -0.05) is 12.2 Å². The molecule has 0 saturated carbocycles. The van der Waals surface area contributed by atoms with Crippen LogP contribution in [0.15, 0.2) is 12.2 Å². The largest absolute Gasteiger partial charge is 0.369 e. The first-order valence-electron chi connectivity index (χ1n) is 3.18. The number of amides is 1. The van der Waals surface area contributed by atoms with Crippen LogP contribution in [0.1, 0.15) is 13.8 Å². The molecule has 0 aliphatic heterocycles. The molecule has 4 N–H and O–H groups in total. The quantitative estimate of drug-likeness (QED) is 0.545. The van der Waals surface area contributed by atoms with Crippen LogP contribution in [-0.4, -0.2) is 12.5 Å². The highest BCUT2D eigenvalue weighted by molar-refractivity contribution is 5.81. The van der Waals surface area contributed by atoms with Crippen LogP contribution >= 0.6 is 0 Å². The fraction of sp³-hybridized carbons (Fsp3) is 0.571. The first-order valence-corrected chi connectivity index (χ1v) is 3.18. The molecule has 0 saturated heterocycles. The standard InChI is InChI=1S/C7H14N2O/c1-7(2,6(9)10)4-3-5-8/h3-4H,5,8H2,1-2H3,(H2,9,10)/b4-3+. The van der Waals surface area contributed by atoms with Crippen molar-refractivity contribution in [3.8, 4) is 0 Å². The first-order chi connectivity index (χ1) is 4.50. The Hall–Kier alpha value is -0.830. The fourth-order valence-electron chi connectivity index (χ4n) is 0.445. The Morgan fingerprint density at radius 1 is 1.60 bits per heavy atom. The maximum atomic E-state index is 10.7. The summed E-state index contributed by atoms with van der Waals surface area (Å²) in [5.41, 5.74) is 9.71. The third-order valence-corrected chi connectivity index (χ3v) is 1.31. The highest BCUT2D eigenvalue weighted by atomic mass is 16.1. The van der Waals surface area contributed by atoms with E-state index in [0.29, 0.717) is 6.54 Å². The Morgan fingerprint density at radius 2 is 2.10 bits per heavy atom. The topological polar surface area (TPSA) is 69.1 Å². The molecule has 0 rings (SSSR count). The van der Waals surface area contributed by atoms with Gasteiger partial charge in [-0.2, -0.15) is 0 Å². The number of hydrogen-bond donors (Lipinski definition) is 2. The van der Waals surface area contributed by atoms with Crippen LogP contribution in [0.2, 0.25) is 0 Å². The average Bonchev–Trinajstić information content (AvgIpc) is 1.84. The molecule has 0 radical (unpaired) electrons. The van der Waals surface area contributed by atoms with E-state index in [9.17, 15) is 4.79 Å². The highest BCUT2D eigenvalue weighted by Gasteiger charge is 2.19. The van der Waals surface area contributed by atoms with Gasteiger partial charge in [-0.3, -0.25) is 4.79 Å². The van der Waals surface area contributed by atoms with Gasteiger partial charge in [0, 0.05) is 6.54 Å². The summed E-state index contributed by atoms with van der Waals surface area (Å²) < 4.78 is 0. The van der Waals surface area contributed by atoms with Gasteiger partial charge in [0.25, 0.3) is 0 Å². The summed E-state index contributed by atoms with van der Waals surface area (Å²) in [6.07, 6.45) is 3.44. The molecule has 3 nitrogen and oxygen atoms in total. The lowest BCUT2D eigenvalue weighted by Crippen LogP contribution is -2.29. The summed E-state index contributed by atoms with van der Waals surface area (Å²) >= 11 is 0. The van der Waals surface area contributed by atoms with Crippen LogP contribution in [0, 0.1) is 5.41 Å². The van der Waals surface area contributed by atoms with Crippen LogP contribution in [0.3, 0.4) is 0 Å². The minimum atomic E-state index is -0.570. The van der Waals surface area contributed by atoms with Crippen molar-refractivity contribution in [1.29, 1.82) is 0 Å². The van der Waals surface area contributed by atoms with Crippen molar-refractivity contribution in [3.05, 3.63) is 12.2 Å². The normalized spacial score (nSPS) is 12.3. The van der Waals surface area contributed by atoms with Crippen molar-refractivity contribution < 1.29 is 4.79 Å². The molecule has 1 amide bonds. The van der Waals surface area contributed by atoms with Crippen LogP contribution in [0.5, 0.6) is 0 Å². The number of primary amides is 1. The van der Waals surface area contributed by atoms with E-state index in [1.165, 1.54) is 0 Å². The molecule has 0 atom stereocenters. The minimum absolute atomic E-state index is 0.336. The lowest BCUT2D eigenvalue weighted by Gasteiger charge is -2.13. The minimum Gasteiger partial charge on any atom is -0.369 e. The van der Waals surface area contributed by atoms with E-state index in [2.05, 4.69) is 0 Å². The molecular formula is C7H14N2O. The number of rotatable bonds is 3. The van der Waals surface area contributed by atoms with E-state index in [4.69, 9.17) is 11.5 Å². The Balaban J connectivity index is 4.12. The molecule has 0 aromatic heterocycles. The van der Waals surface area contributed by atoms with Gasteiger partial charge in [0.2, 0.25) is 5.91 Å². The van der Waals surface area contributed by atoms with E-state index < -0.39 is 5.41 Å². The van der Waals surface area contributed by atoms with Crippen molar-refractivity contribution in [2.45, 2.75) is 13.8 Å². The van der Waals surface area contributed by atoms with E-state index in [1.54, 1.807) is 26.0 Å². The van der Waals surface area contributed by atoms with Gasteiger partial charge in [-0.25, -0.2) is 0 Å². The van der Waals surface area contributed by atoms with Crippen molar-refractivity contribution in [3.63, 3.8) is 0 Å². The molecule has 0 fully saturated rings. The van der Waals surface area contributed by atoms with Gasteiger partial charge < -0.3 is 11.5 Å². The van der Waals surface area contributed by atoms with E-state index in [0.717, 1.165) is 0 Å². The fourth-order valence-corrected chi connectivity index (χ4v) is 0.445.